The van der Waals surface area contributed by atoms with Gasteiger partial charge in [0.15, 0.2) is 6.61 Å². The molecule has 0 radical (unpaired) electrons. The Balaban J connectivity index is 1.67. The van der Waals surface area contributed by atoms with E-state index in [1.807, 2.05) is 0 Å². The lowest BCUT2D eigenvalue weighted by Gasteiger charge is -2.36. The molecular weight excluding hydrogens is 294 g/mol. The zero-order chi connectivity index (χ0) is 14.8. The summed E-state index contributed by atoms with van der Waals surface area (Å²) in [5, 5.41) is -4.45. The van der Waals surface area contributed by atoms with Gasteiger partial charge in [0.2, 0.25) is 0 Å². The molecule has 4 bridgehead atoms. The first-order valence-electron chi connectivity index (χ1n) is 6.65. The van der Waals surface area contributed by atoms with Crippen LogP contribution in [-0.4, -0.2) is 30.8 Å². The van der Waals surface area contributed by atoms with Crippen molar-refractivity contribution in [2.75, 3.05) is 6.61 Å². The first-order chi connectivity index (χ1) is 9.13. The summed E-state index contributed by atoms with van der Waals surface area (Å²) in [5.74, 6) is 0.673. The van der Waals surface area contributed by atoms with Crippen LogP contribution in [0.2, 0.25) is 0 Å². The number of rotatable bonds is 4. The maximum Gasteiger partial charge on any atom is 0.402 e. The molecule has 0 spiro atoms. The monoisotopic (exact) mass is 310 g/mol. The highest BCUT2D eigenvalue weighted by Crippen LogP contribution is 2.64. The average Bonchev–Trinajstić information content (AvgIpc) is 2.73. The van der Waals surface area contributed by atoms with E-state index in [0.29, 0.717) is 37.0 Å². The van der Waals surface area contributed by atoms with Crippen LogP contribution in [-0.2, 0) is 19.6 Å². The highest BCUT2D eigenvalue weighted by molar-refractivity contribution is 7.86. The second-order valence-electron chi connectivity index (χ2n) is 6.44. The summed E-state index contributed by atoms with van der Waals surface area (Å²) in [6, 6.07) is 0. The van der Waals surface area contributed by atoms with Gasteiger partial charge in [0, 0.05) is 0 Å². The highest BCUT2D eigenvalue weighted by Gasteiger charge is 2.60. The van der Waals surface area contributed by atoms with Gasteiger partial charge in [-0.25, -0.2) is 0 Å². The highest BCUT2D eigenvalue weighted by atomic mass is 32.2. The van der Waals surface area contributed by atoms with Crippen molar-refractivity contribution in [3.05, 3.63) is 0 Å². The van der Waals surface area contributed by atoms with E-state index in [2.05, 4.69) is 4.74 Å². The number of esters is 1. The van der Waals surface area contributed by atoms with Gasteiger partial charge >= 0.3 is 21.3 Å². The van der Waals surface area contributed by atoms with Gasteiger partial charge in [0.25, 0.3) is 0 Å². The fraction of sp³-hybridized carbons (Fsp3) is 0.917. The minimum absolute atomic E-state index is 0.460. The fourth-order valence-corrected chi connectivity index (χ4v) is 4.65. The van der Waals surface area contributed by atoms with Crippen molar-refractivity contribution in [2.45, 2.75) is 37.4 Å². The molecule has 4 fully saturated rings. The molecule has 4 aliphatic rings. The summed E-state index contributed by atoms with van der Waals surface area (Å²) in [6.45, 7) is -1.62. The van der Waals surface area contributed by atoms with Crippen LogP contribution < -0.4 is 0 Å². The summed E-state index contributed by atoms with van der Waals surface area (Å²) in [4.78, 5) is 12.1. The van der Waals surface area contributed by atoms with Crippen molar-refractivity contribution in [2.24, 2.45) is 23.2 Å². The van der Waals surface area contributed by atoms with Crippen LogP contribution >= 0.6 is 0 Å². The van der Waals surface area contributed by atoms with E-state index in [0.717, 1.165) is 12.8 Å². The molecule has 4 rings (SSSR count). The summed E-state index contributed by atoms with van der Waals surface area (Å²) in [6.07, 6.45) is 4.16. The predicted octanol–water partition coefficient (Wildman–Crippen LogP) is 1.84. The van der Waals surface area contributed by atoms with Crippen LogP contribution in [0.25, 0.3) is 0 Å². The Kier molecular flexibility index (Phi) is 2.93. The van der Waals surface area contributed by atoms with E-state index >= 15 is 0 Å². The summed E-state index contributed by atoms with van der Waals surface area (Å²) in [5.41, 5.74) is -0.703. The number of hydrogen-bond donors (Lipinski definition) is 1. The third kappa shape index (κ3) is 2.04. The molecule has 0 aromatic heterocycles. The molecule has 4 aliphatic carbocycles. The van der Waals surface area contributed by atoms with Crippen LogP contribution in [0, 0.1) is 23.2 Å². The Morgan fingerprint density at radius 2 is 1.80 bits per heavy atom. The number of alkyl halides is 2. The number of hydrogen-bond acceptors (Lipinski definition) is 4. The molecule has 114 valence electrons. The van der Waals surface area contributed by atoms with E-state index in [4.69, 9.17) is 4.55 Å². The van der Waals surface area contributed by atoms with Gasteiger partial charge in [-0.1, -0.05) is 0 Å². The molecule has 0 aromatic rings. The molecule has 8 heteroatoms. The van der Waals surface area contributed by atoms with Crippen molar-refractivity contribution in [1.29, 1.82) is 0 Å². The summed E-state index contributed by atoms with van der Waals surface area (Å²) >= 11 is 0. The fourth-order valence-electron chi connectivity index (χ4n) is 4.44. The second kappa shape index (κ2) is 4.13. The Labute approximate surface area is 115 Å². The molecule has 0 aliphatic heterocycles. The molecule has 20 heavy (non-hydrogen) atoms. The number of carbonyl (C=O) groups excluding carboxylic acids is 1. The first-order valence-corrected chi connectivity index (χ1v) is 8.09. The lowest BCUT2D eigenvalue weighted by molar-refractivity contribution is -0.165. The lowest BCUT2D eigenvalue weighted by Crippen LogP contribution is -2.41. The van der Waals surface area contributed by atoms with Gasteiger partial charge in [-0.15, -0.1) is 0 Å². The predicted molar refractivity (Wildman–Crippen MR) is 63.4 cm³/mol. The van der Waals surface area contributed by atoms with E-state index in [-0.39, 0.29) is 0 Å². The topological polar surface area (TPSA) is 80.7 Å². The van der Waals surface area contributed by atoms with E-state index in [9.17, 15) is 22.0 Å². The Morgan fingerprint density at radius 3 is 2.25 bits per heavy atom. The van der Waals surface area contributed by atoms with Crippen LogP contribution in [0.1, 0.15) is 32.1 Å². The van der Waals surface area contributed by atoms with E-state index in [1.165, 1.54) is 0 Å². The maximum atomic E-state index is 13.1. The van der Waals surface area contributed by atoms with E-state index in [1.54, 1.807) is 0 Å². The number of carbonyl (C=O) groups is 1. The Hall–Kier alpha value is -0.760. The minimum atomic E-state index is -5.56. The zero-order valence-electron chi connectivity index (χ0n) is 10.7. The molecule has 0 saturated heterocycles. The third-order valence-electron chi connectivity index (χ3n) is 5.11. The first kappa shape index (κ1) is 14.2. The molecule has 4 saturated carbocycles. The third-order valence-corrected chi connectivity index (χ3v) is 5.98. The molecule has 0 heterocycles. The van der Waals surface area contributed by atoms with Gasteiger partial charge < -0.3 is 4.74 Å². The standard InChI is InChI=1S/C12H16F2O5S/c13-12(14,20(16,17)18)6-19-10(15)11-3-7-1-8(4-11)9(2-7)5-11/h7-9H,1-6H2,(H,16,17,18). The largest absolute Gasteiger partial charge is 0.458 e. The van der Waals surface area contributed by atoms with E-state index < -0.39 is 33.4 Å². The van der Waals surface area contributed by atoms with Crippen molar-refractivity contribution in [3.8, 4) is 0 Å². The Bertz CT molecular complexity index is 525. The van der Waals surface area contributed by atoms with Crippen molar-refractivity contribution in [1.82, 2.24) is 0 Å². The summed E-state index contributed by atoms with van der Waals surface area (Å²) < 4.78 is 60.0. The molecule has 2 unspecified atom stereocenters. The zero-order valence-corrected chi connectivity index (χ0v) is 11.5. The quantitative estimate of drug-likeness (QED) is 0.633. The Morgan fingerprint density at radius 1 is 1.25 bits per heavy atom. The molecular formula is C12H16F2O5S. The van der Waals surface area contributed by atoms with Crippen molar-refractivity contribution in [3.63, 3.8) is 0 Å². The minimum Gasteiger partial charge on any atom is -0.458 e. The normalized spacial score (nSPS) is 39.2. The van der Waals surface area contributed by atoms with Crippen LogP contribution in [0.15, 0.2) is 0 Å². The smallest absolute Gasteiger partial charge is 0.402 e. The summed E-state index contributed by atoms with van der Waals surface area (Å²) in [7, 11) is -5.56. The second-order valence-corrected chi connectivity index (χ2v) is 7.99. The number of ether oxygens (including phenoxy) is 1. The van der Waals surface area contributed by atoms with Gasteiger partial charge in [-0.2, -0.15) is 17.2 Å². The molecule has 2 atom stereocenters. The van der Waals surface area contributed by atoms with Crippen molar-refractivity contribution < 1.29 is 31.3 Å². The van der Waals surface area contributed by atoms with Crippen LogP contribution in [0.3, 0.4) is 0 Å². The molecule has 5 nitrogen and oxygen atoms in total. The van der Waals surface area contributed by atoms with Gasteiger partial charge in [-0.05, 0) is 49.9 Å². The number of halogens is 2. The average molecular weight is 310 g/mol. The van der Waals surface area contributed by atoms with Gasteiger partial charge in [0.1, 0.15) is 0 Å². The molecule has 1 N–H and O–H groups in total. The van der Waals surface area contributed by atoms with Crippen molar-refractivity contribution >= 4 is 16.1 Å². The van der Waals surface area contributed by atoms with Crippen LogP contribution in [0.5, 0.6) is 0 Å². The van der Waals surface area contributed by atoms with Gasteiger partial charge in [0.05, 0.1) is 5.41 Å². The van der Waals surface area contributed by atoms with Crippen LogP contribution in [0.4, 0.5) is 8.78 Å². The SMILES string of the molecule is O=C(OCC(F)(F)S(=O)(=O)O)C12CC3CC(C1)C(C3)C2. The molecule has 0 amide bonds. The maximum absolute atomic E-state index is 13.1. The molecule has 0 aromatic carbocycles. The lowest BCUT2D eigenvalue weighted by atomic mass is 9.69. The van der Waals surface area contributed by atoms with Gasteiger partial charge in [-0.3, -0.25) is 9.35 Å².